The number of nitrogens with one attached hydrogen (secondary N) is 2. The van der Waals surface area contributed by atoms with Gasteiger partial charge in [-0.25, -0.2) is 8.42 Å². The van der Waals surface area contributed by atoms with Crippen molar-refractivity contribution < 1.29 is 13.2 Å². The quantitative estimate of drug-likeness (QED) is 0.889. The zero-order chi connectivity index (χ0) is 14.8. The first kappa shape index (κ1) is 15.3. The molecule has 0 bridgehead atoms. The second kappa shape index (κ2) is 6.11. The molecular weight excluding hydrogens is 300 g/mol. The molecule has 0 aliphatic carbocycles. The van der Waals surface area contributed by atoms with Gasteiger partial charge < -0.3 is 5.32 Å². The molecule has 5 nitrogen and oxygen atoms in total. The summed E-state index contributed by atoms with van der Waals surface area (Å²) in [7, 11) is -3.73. The summed E-state index contributed by atoms with van der Waals surface area (Å²) in [5.41, 5.74) is 0.555. The first-order valence-corrected chi connectivity index (χ1v) is 8.32. The zero-order valence-corrected chi connectivity index (χ0v) is 12.7. The van der Waals surface area contributed by atoms with Gasteiger partial charge in [0.15, 0.2) is 0 Å². The molecule has 1 amide bonds. The molecule has 0 spiro atoms. The molecule has 1 unspecified atom stereocenters. The monoisotopic (exact) mass is 316 g/mol. The van der Waals surface area contributed by atoms with Crippen molar-refractivity contribution in [3.05, 3.63) is 28.8 Å². The summed E-state index contributed by atoms with van der Waals surface area (Å²) in [5.74, 6) is -0.266. The van der Waals surface area contributed by atoms with E-state index in [0.29, 0.717) is 23.6 Å². The molecule has 7 heteroatoms. The minimum atomic E-state index is -3.73. The van der Waals surface area contributed by atoms with Crippen molar-refractivity contribution in [2.75, 3.05) is 6.54 Å². The molecule has 1 aromatic carbocycles. The minimum absolute atomic E-state index is 0.152. The van der Waals surface area contributed by atoms with E-state index in [4.69, 9.17) is 11.6 Å². The van der Waals surface area contributed by atoms with E-state index in [0.717, 1.165) is 12.8 Å². The lowest BCUT2D eigenvalue weighted by molar-refractivity contribution is -0.122. The molecule has 1 fully saturated rings. The Labute approximate surface area is 123 Å². The minimum Gasteiger partial charge on any atom is -0.355 e. The highest BCUT2D eigenvalue weighted by Gasteiger charge is 2.27. The molecule has 1 heterocycles. The molecule has 1 aromatic rings. The van der Waals surface area contributed by atoms with Gasteiger partial charge in [0.2, 0.25) is 15.9 Å². The van der Waals surface area contributed by atoms with Crippen molar-refractivity contribution in [3.8, 4) is 0 Å². The van der Waals surface area contributed by atoms with Gasteiger partial charge in [-0.1, -0.05) is 11.6 Å². The Kier molecular flexibility index (Phi) is 4.67. The normalized spacial score (nSPS) is 20.3. The maximum Gasteiger partial charge on any atom is 0.241 e. The SMILES string of the molecule is Cc1cc(Cl)ccc1S(=O)(=O)NC1CCCCNC1=O. The summed E-state index contributed by atoms with van der Waals surface area (Å²) < 4.78 is 27.2. The van der Waals surface area contributed by atoms with Crippen LogP contribution >= 0.6 is 11.6 Å². The van der Waals surface area contributed by atoms with Crippen molar-refractivity contribution in [1.29, 1.82) is 0 Å². The second-order valence-corrected chi connectivity index (χ2v) is 6.99. The summed E-state index contributed by atoms with van der Waals surface area (Å²) >= 11 is 5.82. The van der Waals surface area contributed by atoms with Crippen LogP contribution in [0.2, 0.25) is 5.02 Å². The summed E-state index contributed by atoms with van der Waals surface area (Å²) in [4.78, 5) is 12.0. The molecule has 1 aliphatic heterocycles. The number of hydrogen-bond donors (Lipinski definition) is 2. The Balaban J connectivity index is 2.24. The van der Waals surface area contributed by atoms with Crippen molar-refractivity contribution >= 4 is 27.5 Å². The first-order chi connectivity index (χ1) is 9.40. The Hall–Kier alpha value is -1.11. The van der Waals surface area contributed by atoms with Gasteiger partial charge in [0.05, 0.1) is 4.90 Å². The van der Waals surface area contributed by atoms with E-state index in [1.165, 1.54) is 12.1 Å². The standard InChI is InChI=1S/C13H17ClN2O3S/c1-9-8-10(14)5-6-12(9)20(18,19)16-11-4-2-3-7-15-13(11)17/h5-6,8,11,16H,2-4,7H2,1H3,(H,15,17). The first-order valence-electron chi connectivity index (χ1n) is 6.46. The van der Waals surface area contributed by atoms with E-state index in [1.54, 1.807) is 13.0 Å². The van der Waals surface area contributed by atoms with Crippen LogP contribution in [-0.2, 0) is 14.8 Å². The van der Waals surface area contributed by atoms with Crippen LogP contribution in [0, 0.1) is 6.92 Å². The van der Waals surface area contributed by atoms with Gasteiger partial charge in [0, 0.05) is 11.6 Å². The maximum atomic E-state index is 12.4. The van der Waals surface area contributed by atoms with Gasteiger partial charge in [-0.2, -0.15) is 4.72 Å². The van der Waals surface area contributed by atoms with E-state index in [1.807, 2.05) is 0 Å². The Morgan fingerprint density at radius 1 is 1.35 bits per heavy atom. The summed E-state index contributed by atoms with van der Waals surface area (Å²) in [6, 6.07) is 3.85. The van der Waals surface area contributed by atoms with Crippen molar-refractivity contribution in [2.24, 2.45) is 0 Å². The second-order valence-electron chi connectivity index (χ2n) is 4.87. The van der Waals surface area contributed by atoms with Crippen LogP contribution in [0.5, 0.6) is 0 Å². The molecule has 0 aromatic heterocycles. The Morgan fingerprint density at radius 2 is 2.10 bits per heavy atom. The molecule has 1 atom stereocenters. The van der Waals surface area contributed by atoms with Crippen molar-refractivity contribution in [3.63, 3.8) is 0 Å². The van der Waals surface area contributed by atoms with Gasteiger partial charge in [-0.15, -0.1) is 0 Å². The zero-order valence-electron chi connectivity index (χ0n) is 11.1. The lowest BCUT2D eigenvalue weighted by Crippen LogP contribution is -2.45. The number of sulfonamides is 1. The fraction of sp³-hybridized carbons (Fsp3) is 0.462. The lowest BCUT2D eigenvalue weighted by atomic mass is 10.1. The van der Waals surface area contributed by atoms with Crippen LogP contribution < -0.4 is 10.0 Å². The maximum absolute atomic E-state index is 12.4. The summed E-state index contributed by atoms with van der Waals surface area (Å²) in [5, 5.41) is 3.19. The molecule has 1 aliphatic rings. The summed E-state index contributed by atoms with van der Waals surface area (Å²) in [6.07, 6.45) is 2.19. The average Bonchev–Trinajstić information content (AvgIpc) is 2.54. The summed E-state index contributed by atoms with van der Waals surface area (Å²) in [6.45, 7) is 2.27. The highest BCUT2D eigenvalue weighted by molar-refractivity contribution is 7.89. The van der Waals surface area contributed by atoms with E-state index < -0.39 is 16.1 Å². The van der Waals surface area contributed by atoms with Gasteiger partial charge in [0.25, 0.3) is 0 Å². The predicted octanol–water partition coefficient (Wildman–Crippen LogP) is 1.60. The number of hydrogen-bond acceptors (Lipinski definition) is 3. The number of rotatable bonds is 3. The average molecular weight is 317 g/mol. The van der Waals surface area contributed by atoms with Crippen LogP contribution in [0.3, 0.4) is 0 Å². The number of aryl methyl sites for hydroxylation is 1. The van der Waals surface area contributed by atoms with Crippen LogP contribution in [0.1, 0.15) is 24.8 Å². The van der Waals surface area contributed by atoms with E-state index in [2.05, 4.69) is 10.0 Å². The fourth-order valence-corrected chi connectivity index (χ4v) is 3.90. The third kappa shape index (κ3) is 3.50. The smallest absolute Gasteiger partial charge is 0.241 e. The number of benzene rings is 1. The number of halogens is 1. The topological polar surface area (TPSA) is 75.3 Å². The predicted molar refractivity (Wildman–Crippen MR) is 77.2 cm³/mol. The molecule has 20 heavy (non-hydrogen) atoms. The largest absolute Gasteiger partial charge is 0.355 e. The van der Waals surface area contributed by atoms with Crippen LogP contribution in [0.4, 0.5) is 0 Å². The van der Waals surface area contributed by atoms with Gasteiger partial charge in [0.1, 0.15) is 6.04 Å². The molecule has 0 saturated carbocycles. The van der Waals surface area contributed by atoms with Crippen LogP contribution in [0.25, 0.3) is 0 Å². The van der Waals surface area contributed by atoms with E-state index in [9.17, 15) is 13.2 Å². The van der Waals surface area contributed by atoms with Gasteiger partial charge in [-0.3, -0.25) is 4.79 Å². The van der Waals surface area contributed by atoms with Crippen molar-refractivity contribution in [1.82, 2.24) is 10.0 Å². The van der Waals surface area contributed by atoms with E-state index >= 15 is 0 Å². The van der Waals surface area contributed by atoms with Crippen LogP contribution in [0.15, 0.2) is 23.1 Å². The number of carbonyl (C=O) groups is 1. The lowest BCUT2D eigenvalue weighted by Gasteiger charge is -2.16. The molecule has 2 rings (SSSR count). The molecule has 2 N–H and O–H groups in total. The Bertz CT molecular complexity index is 616. The molecule has 0 radical (unpaired) electrons. The highest BCUT2D eigenvalue weighted by Crippen LogP contribution is 2.20. The molecular formula is C13H17ClN2O3S. The van der Waals surface area contributed by atoms with Gasteiger partial charge >= 0.3 is 0 Å². The van der Waals surface area contributed by atoms with E-state index in [-0.39, 0.29) is 10.8 Å². The van der Waals surface area contributed by atoms with Crippen molar-refractivity contribution in [2.45, 2.75) is 37.1 Å². The third-order valence-electron chi connectivity index (χ3n) is 3.26. The third-order valence-corrected chi connectivity index (χ3v) is 5.13. The van der Waals surface area contributed by atoms with Gasteiger partial charge in [-0.05, 0) is 49.9 Å². The fourth-order valence-electron chi connectivity index (χ4n) is 2.22. The molecule has 110 valence electrons. The number of amides is 1. The molecule has 1 saturated heterocycles. The van der Waals surface area contributed by atoms with Crippen LogP contribution in [-0.4, -0.2) is 26.9 Å². The Morgan fingerprint density at radius 3 is 2.80 bits per heavy atom. The number of carbonyl (C=O) groups excluding carboxylic acids is 1. The highest BCUT2D eigenvalue weighted by atomic mass is 35.5.